The molecule has 0 radical (unpaired) electrons. The standard InChI is InChI=1S/C18H19N7O2/c26-18(15(25-9-1-2-10-25)13-5-3-6-19-11-13)22-12-14-23-17(24-27-14)16-20-7-4-8-21-16/h3-8,11,15H,1-2,9-10,12H2,(H,22,26). The minimum Gasteiger partial charge on any atom is -0.345 e. The van der Waals surface area contributed by atoms with Gasteiger partial charge in [-0.05, 0) is 43.6 Å². The van der Waals surface area contributed by atoms with Gasteiger partial charge in [-0.15, -0.1) is 0 Å². The Balaban J connectivity index is 1.45. The Labute approximate surface area is 155 Å². The predicted molar refractivity (Wildman–Crippen MR) is 95.0 cm³/mol. The van der Waals surface area contributed by atoms with Gasteiger partial charge in [-0.25, -0.2) is 9.97 Å². The molecule has 3 aromatic rings. The van der Waals surface area contributed by atoms with E-state index in [4.69, 9.17) is 4.52 Å². The molecule has 1 aliphatic heterocycles. The van der Waals surface area contributed by atoms with Gasteiger partial charge >= 0.3 is 0 Å². The average Bonchev–Trinajstić information content (AvgIpc) is 3.41. The minimum absolute atomic E-state index is 0.111. The molecule has 0 aromatic carbocycles. The van der Waals surface area contributed by atoms with Crippen molar-refractivity contribution in [1.29, 1.82) is 0 Å². The van der Waals surface area contributed by atoms with Gasteiger partial charge in [-0.2, -0.15) is 4.98 Å². The summed E-state index contributed by atoms with van der Waals surface area (Å²) >= 11 is 0. The molecule has 4 rings (SSSR count). The van der Waals surface area contributed by atoms with Crippen LogP contribution in [0.4, 0.5) is 0 Å². The molecule has 1 atom stereocenters. The lowest BCUT2D eigenvalue weighted by atomic mass is 10.1. The second-order valence-corrected chi connectivity index (χ2v) is 6.23. The van der Waals surface area contributed by atoms with Gasteiger partial charge < -0.3 is 9.84 Å². The number of hydrogen-bond acceptors (Lipinski definition) is 8. The van der Waals surface area contributed by atoms with Crippen molar-refractivity contribution in [1.82, 2.24) is 35.3 Å². The summed E-state index contributed by atoms with van der Waals surface area (Å²) in [5.74, 6) is 0.866. The Kier molecular flexibility index (Phi) is 5.10. The molecule has 1 fully saturated rings. The molecule has 1 N–H and O–H groups in total. The van der Waals surface area contributed by atoms with Crippen LogP contribution in [-0.2, 0) is 11.3 Å². The van der Waals surface area contributed by atoms with Crippen molar-refractivity contribution in [3.63, 3.8) is 0 Å². The van der Waals surface area contributed by atoms with Crippen LogP contribution < -0.4 is 5.32 Å². The second-order valence-electron chi connectivity index (χ2n) is 6.23. The van der Waals surface area contributed by atoms with E-state index in [1.54, 1.807) is 30.9 Å². The van der Waals surface area contributed by atoms with Crippen LogP contribution in [0.15, 0.2) is 47.5 Å². The molecule has 0 aliphatic carbocycles. The molecule has 27 heavy (non-hydrogen) atoms. The monoisotopic (exact) mass is 365 g/mol. The fourth-order valence-corrected chi connectivity index (χ4v) is 3.16. The van der Waals surface area contributed by atoms with Gasteiger partial charge in [0.05, 0.1) is 6.54 Å². The molecule has 9 nitrogen and oxygen atoms in total. The van der Waals surface area contributed by atoms with E-state index in [-0.39, 0.29) is 18.5 Å². The molecular weight excluding hydrogens is 346 g/mol. The van der Waals surface area contributed by atoms with Crippen molar-refractivity contribution in [2.45, 2.75) is 25.4 Å². The van der Waals surface area contributed by atoms with E-state index < -0.39 is 0 Å². The first-order valence-electron chi connectivity index (χ1n) is 8.83. The highest BCUT2D eigenvalue weighted by atomic mass is 16.5. The van der Waals surface area contributed by atoms with Crippen molar-refractivity contribution < 1.29 is 9.32 Å². The number of aromatic nitrogens is 5. The molecule has 3 aromatic heterocycles. The fourth-order valence-electron chi connectivity index (χ4n) is 3.16. The van der Waals surface area contributed by atoms with Crippen molar-refractivity contribution in [3.05, 3.63) is 54.4 Å². The SMILES string of the molecule is O=C(NCc1nc(-c2ncccn2)no1)C(c1cccnc1)N1CCCC1. The maximum absolute atomic E-state index is 12.9. The topological polar surface area (TPSA) is 110 Å². The first kappa shape index (κ1) is 17.2. The van der Waals surface area contributed by atoms with E-state index in [1.807, 2.05) is 12.1 Å². The van der Waals surface area contributed by atoms with E-state index >= 15 is 0 Å². The van der Waals surface area contributed by atoms with Crippen LogP contribution in [0.5, 0.6) is 0 Å². The third-order valence-corrected chi connectivity index (χ3v) is 4.40. The van der Waals surface area contributed by atoms with Gasteiger partial charge in [0, 0.05) is 24.8 Å². The first-order chi connectivity index (χ1) is 13.3. The van der Waals surface area contributed by atoms with E-state index in [9.17, 15) is 4.79 Å². The van der Waals surface area contributed by atoms with Crippen LogP contribution in [0.2, 0.25) is 0 Å². The van der Waals surface area contributed by atoms with Gasteiger partial charge in [0.15, 0.2) is 0 Å². The molecule has 1 amide bonds. The summed E-state index contributed by atoms with van der Waals surface area (Å²) in [4.78, 5) is 31.6. The molecule has 9 heteroatoms. The average molecular weight is 365 g/mol. The van der Waals surface area contributed by atoms with Gasteiger partial charge in [0.2, 0.25) is 23.4 Å². The molecular formula is C18H19N7O2. The highest BCUT2D eigenvalue weighted by molar-refractivity contribution is 5.83. The van der Waals surface area contributed by atoms with Gasteiger partial charge in [0.1, 0.15) is 6.04 Å². The summed E-state index contributed by atoms with van der Waals surface area (Å²) in [6, 6.07) is 5.10. The van der Waals surface area contributed by atoms with Gasteiger partial charge in [0.25, 0.3) is 0 Å². The number of nitrogens with zero attached hydrogens (tertiary/aromatic N) is 6. The number of carbonyl (C=O) groups excluding carboxylic acids is 1. The quantitative estimate of drug-likeness (QED) is 0.697. The first-order valence-corrected chi connectivity index (χ1v) is 8.83. The van der Waals surface area contributed by atoms with E-state index in [0.717, 1.165) is 31.5 Å². The molecule has 4 heterocycles. The number of hydrogen-bond donors (Lipinski definition) is 1. The Hall–Kier alpha value is -3.20. The predicted octanol–water partition coefficient (Wildman–Crippen LogP) is 1.37. The van der Waals surface area contributed by atoms with Crippen LogP contribution >= 0.6 is 0 Å². The smallest absolute Gasteiger partial charge is 0.246 e. The third kappa shape index (κ3) is 3.98. The van der Waals surface area contributed by atoms with Crippen molar-refractivity contribution in [2.24, 2.45) is 0 Å². The zero-order valence-electron chi connectivity index (χ0n) is 14.7. The Morgan fingerprint density at radius 3 is 2.70 bits per heavy atom. The zero-order chi connectivity index (χ0) is 18.5. The maximum Gasteiger partial charge on any atom is 0.246 e. The van der Waals surface area contributed by atoms with Crippen LogP contribution in [0.25, 0.3) is 11.6 Å². The summed E-state index contributed by atoms with van der Waals surface area (Å²) in [6.07, 6.45) is 8.83. The summed E-state index contributed by atoms with van der Waals surface area (Å²) in [6.45, 7) is 1.93. The van der Waals surface area contributed by atoms with E-state index in [1.165, 1.54) is 0 Å². The lowest BCUT2D eigenvalue weighted by Crippen LogP contribution is -2.39. The Bertz CT molecular complexity index is 879. The Morgan fingerprint density at radius 1 is 1.15 bits per heavy atom. The lowest BCUT2D eigenvalue weighted by molar-refractivity contribution is -0.126. The van der Waals surface area contributed by atoms with Gasteiger partial charge in [-0.3, -0.25) is 14.7 Å². The normalized spacial score (nSPS) is 15.6. The number of pyridine rings is 1. The highest BCUT2D eigenvalue weighted by Crippen LogP contribution is 2.25. The molecule has 0 bridgehead atoms. The summed E-state index contributed by atoms with van der Waals surface area (Å²) in [7, 11) is 0. The van der Waals surface area contributed by atoms with Crippen LogP contribution in [0, 0.1) is 0 Å². The fraction of sp³-hybridized carbons (Fsp3) is 0.333. The third-order valence-electron chi connectivity index (χ3n) is 4.40. The number of amides is 1. The summed E-state index contributed by atoms with van der Waals surface area (Å²) in [5.41, 5.74) is 0.876. The van der Waals surface area contributed by atoms with Crippen molar-refractivity contribution >= 4 is 5.91 Å². The molecule has 1 aliphatic rings. The number of carbonyl (C=O) groups is 1. The van der Waals surface area contributed by atoms with E-state index in [0.29, 0.717) is 17.5 Å². The summed E-state index contributed by atoms with van der Waals surface area (Å²) < 4.78 is 5.20. The molecule has 1 saturated heterocycles. The van der Waals surface area contributed by atoms with Crippen molar-refractivity contribution in [3.8, 4) is 11.6 Å². The Morgan fingerprint density at radius 2 is 1.96 bits per heavy atom. The number of rotatable bonds is 6. The largest absolute Gasteiger partial charge is 0.345 e. The summed E-state index contributed by atoms with van der Waals surface area (Å²) in [5, 5.41) is 6.76. The van der Waals surface area contributed by atoms with Crippen LogP contribution in [-0.4, -0.2) is 49.0 Å². The minimum atomic E-state index is -0.374. The molecule has 0 spiro atoms. The zero-order valence-corrected chi connectivity index (χ0v) is 14.7. The number of likely N-dealkylation sites (tertiary alicyclic amines) is 1. The maximum atomic E-state index is 12.9. The number of nitrogens with one attached hydrogen (secondary N) is 1. The lowest BCUT2D eigenvalue weighted by Gasteiger charge is -2.26. The van der Waals surface area contributed by atoms with Crippen molar-refractivity contribution in [2.75, 3.05) is 13.1 Å². The van der Waals surface area contributed by atoms with Crippen LogP contribution in [0.1, 0.15) is 30.3 Å². The van der Waals surface area contributed by atoms with E-state index in [2.05, 4.69) is 35.3 Å². The highest BCUT2D eigenvalue weighted by Gasteiger charge is 2.30. The second kappa shape index (κ2) is 8.00. The van der Waals surface area contributed by atoms with Crippen LogP contribution in [0.3, 0.4) is 0 Å². The molecule has 0 saturated carbocycles. The molecule has 138 valence electrons. The van der Waals surface area contributed by atoms with Gasteiger partial charge in [-0.1, -0.05) is 11.2 Å². The molecule has 1 unspecified atom stereocenters.